The Hall–Kier alpha value is -1.61. The van der Waals surface area contributed by atoms with Crippen molar-refractivity contribution >= 4 is 39.7 Å². The Kier molecular flexibility index (Phi) is 7.14. The summed E-state index contributed by atoms with van der Waals surface area (Å²) < 4.78 is 28.3. The fourth-order valence-electron chi connectivity index (χ4n) is 3.11. The highest BCUT2D eigenvalue weighted by Crippen LogP contribution is 2.33. The van der Waals surface area contributed by atoms with E-state index >= 15 is 0 Å². The van der Waals surface area contributed by atoms with Crippen molar-refractivity contribution in [1.29, 1.82) is 0 Å². The number of aryl methyl sites for hydroxylation is 2. The molecule has 0 aliphatic rings. The first kappa shape index (κ1) is 22.7. The van der Waals surface area contributed by atoms with Crippen molar-refractivity contribution in [3.63, 3.8) is 0 Å². The number of benzene rings is 1. The number of thioether (sulfide) groups is 1. The minimum atomic E-state index is -3.71. The van der Waals surface area contributed by atoms with E-state index in [1.165, 1.54) is 11.8 Å². The third kappa shape index (κ3) is 4.05. The highest BCUT2D eigenvalue weighted by molar-refractivity contribution is 7.99. The summed E-state index contributed by atoms with van der Waals surface area (Å²) in [5.74, 6) is 0. The number of nitrogens with zero attached hydrogens (tertiary/aromatic N) is 4. The molecule has 0 amide bonds. The summed E-state index contributed by atoms with van der Waals surface area (Å²) >= 11 is 1.32. The molecule has 0 spiro atoms. The zero-order valence-electron chi connectivity index (χ0n) is 16.6. The first-order valence-electron chi connectivity index (χ1n) is 8.65. The highest BCUT2D eigenvalue weighted by atomic mass is 35.5. The van der Waals surface area contributed by atoms with Gasteiger partial charge in [-0.05, 0) is 58.3 Å². The lowest BCUT2D eigenvalue weighted by atomic mass is 10.1. The molecule has 0 N–H and O–H groups in total. The van der Waals surface area contributed by atoms with Crippen molar-refractivity contribution in [3.8, 4) is 0 Å². The van der Waals surface area contributed by atoms with Crippen LogP contribution < -0.4 is 0 Å². The predicted octanol–water partition coefficient (Wildman–Crippen LogP) is 3.43. The Labute approximate surface area is 176 Å². The van der Waals surface area contributed by atoms with Gasteiger partial charge in [0.25, 0.3) is 0 Å². The van der Waals surface area contributed by atoms with E-state index in [-0.39, 0.29) is 22.2 Å². The van der Waals surface area contributed by atoms with E-state index in [4.69, 9.17) is 0 Å². The third-order valence-electron chi connectivity index (χ3n) is 4.58. The lowest BCUT2D eigenvalue weighted by molar-refractivity contribution is 0.412. The monoisotopic (exact) mass is 440 g/mol. The Morgan fingerprint density at radius 1 is 1.14 bits per heavy atom. The van der Waals surface area contributed by atoms with Crippen molar-refractivity contribution in [1.82, 2.24) is 19.5 Å². The molecule has 28 heavy (non-hydrogen) atoms. The van der Waals surface area contributed by atoms with Crippen LogP contribution in [0.5, 0.6) is 0 Å². The molecule has 6 nitrogen and oxygen atoms in total. The Morgan fingerprint density at radius 2 is 1.79 bits per heavy atom. The molecule has 152 valence electrons. The molecule has 3 rings (SSSR count). The Balaban J connectivity index is 0.00000280. The molecule has 0 aliphatic heterocycles. The van der Waals surface area contributed by atoms with Gasteiger partial charge in [0, 0.05) is 17.9 Å². The molecule has 0 radical (unpaired) electrons. The lowest BCUT2D eigenvalue weighted by Gasteiger charge is -2.14. The van der Waals surface area contributed by atoms with Crippen molar-refractivity contribution in [3.05, 3.63) is 47.3 Å². The van der Waals surface area contributed by atoms with Gasteiger partial charge in [-0.15, -0.1) is 24.2 Å². The molecule has 2 aromatic heterocycles. The van der Waals surface area contributed by atoms with Gasteiger partial charge in [0.05, 0.1) is 4.90 Å². The van der Waals surface area contributed by atoms with Gasteiger partial charge in [0.2, 0.25) is 9.84 Å². The summed E-state index contributed by atoms with van der Waals surface area (Å²) in [6.07, 6.45) is 2.67. The molecular formula is C19H25ClN4O2S2. The molecule has 1 aromatic carbocycles. The van der Waals surface area contributed by atoms with Crippen molar-refractivity contribution in [2.45, 2.75) is 35.1 Å². The molecule has 0 aliphatic carbocycles. The predicted molar refractivity (Wildman–Crippen MR) is 116 cm³/mol. The van der Waals surface area contributed by atoms with Crippen LogP contribution in [0.4, 0.5) is 0 Å². The molecule has 0 saturated carbocycles. The summed E-state index contributed by atoms with van der Waals surface area (Å²) in [7, 11) is 0.345. The minimum absolute atomic E-state index is 0. The Bertz CT molecular complexity index is 1080. The molecule has 0 unspecified atom stereocenters. The molecule has 0 saturated heterocycles. The number of fused-ring (bicyclic) bond motifs is 1. The zero-order chi connectivity index (χ0) is 19.8. The van der Waals surface area contributed by atoms with E-state index in [9.17, 15) is 8.42 Å². The van der Waals surface area contributed by atoms with Gasteiger partial charge < -0.3 is 4.90 Å². The van der Waals surface area contributed by atoms with Crippen molar-refractivity contribution in [2.75, 3.05) is 26.9 Å². The van der Waals surface area contributed by atoms with Gasteiger partial charge in [-0.25, -0.2) is 17.9 Å². The fraction of sp³-hybridized carbons (Fsp3) is 0.368. The molecule has 0 bridgehead atoms. The summed E-state index contributed by atoms with van der Waals surface area (Å²) in [6, 6.07) is 8.46. The third-order valence-corrected chi connectivity index (χ3v) is 7.19. The second-order valence-corrected chi connectivity index (χ2v) is 9.39. The van der Waals surface area contributed by atoms with Gasteiger partial charge >= 0.3 is 0 Å². The number of likely N-dealkylation sites (N-methyl/N-ethyl adjacent to an activating group) is 1. The van der Waals surface area contributed by atoms with Gasteiger partial charge in [-0.3, -0.25) is 0 Å². The standard InChI is InChI=1S/C19H24N4O2S2.ClH/c1-13-16(11-12-22(3)4)14(2)23-18(20-13)17(19(21-23)26-5)27(24,25)15-9-7-6-8-10-15;/h6-10H,11-12H2,1-5H3;1H. The first-order chi connectivity index (χ1) is 12.8. The van der Waals surface area contributed by atoms with E-state index in [1.54, 1.807) is 34.8 Å². The lowest BCUT2D eigenvalue weighted by Crippen LogP contribution is -2.17. The average Bonchev–Trinajstić information content (AvgIpc) is 3.01. The Morgan fingerprint density at radius 3 is 2.36 bits per heavy atom. The largest absolute Gasteiger partial charge is 0.309 e. The van der Waals surface area contributed by atoms with Gasteiger partial charge in [-0.2, -0.15) is 5.10 Å². The van der Waals surface area contributed by atoms with Crippen molar-refractivity contribution < 1.29 is 8.42 Å². The van der Waals surface area contributed by atoms with Crippen LogP contribution >= 0.6 is 24.2 Å². The van der Waals surface area contributed by atoms with E-state index in [2.05, 4.69) is 15.0 Å². The maximum absolute atomic E-state index is 13.3. The maximum atomic E-state index is 13.3. The van der Waals surface area contributed by atoms with Crippen LogP contribution in [0.3, 0.4) is 0 Å². The molecule has 9 heteroatoms. The van der Waals surface area contributed by atoms with Crippen LogP contribution in [0, 0.1) is 13.8 Å². The molecule has 0 atom stereocenters. The summed E-state index contributed by atoms with van der Waals surface area (Å²) in [5.41, 5.74) is 3.28. The van der Waals surface area contributed by atoms with Gasteiger partial charge in [0.15, 0.2) is 10.5 Å². The van der Waals surface area contributed by atoms with Crippen LogP contribution in [-0.4, -0.2) is 54.8 Å². The number of halogens is 1. The number of aromatic nitrogens is 3. The van der Waals surface area contributed by atoms with Crippen LogP contribution in [0.2, 0.25) is 0 Å². The molecular weight excluding hydrogens is 416 g/mol. The van der Waals surface area contributed by atoms with E-state index in [0.717, 1.165) is 29.9 Å². The topological polar surface area (TPSA) is 67.6 Å². The second-order valence-electron chi connectivity index (χ2n) is 6.70. The smallest absolute Gasteiger partial charge is 0.213 e. The number of sulfone groups is 1. The average molecular weight is 441 g/mol. The van der Waals surface area contributed by atoms with Gasteiger partial charge in [-0.1, -0.05) is 18.2 Å². The quantitative estimate of drug-likeness (QED) is 0.547. The number of rotatable bonds is 6. The molecule has 2 heterocycles. The van der Waals surface area contributed by atoms with E-state index in [1.807, 2.05) is 34.2 Å². The molecule has 0 fully saturated rings. The first-order valence-corrected chi connectivity index (χ1v) is 11.4. The van der Waals surface area contributed by atoms with E-state index in [0.29, 0.717) is 10.7 Å². The maximum Gasteiger partial charge on any atom is 0.213 e. The van der Waals surface area contributed by atoms with Crippen molar-refractivity contribution in [2.24, 2.45) is 0 Å². The van der Waals surface area contributed by atoms with Crippen LogP contribution in [-0.2, 0) is 16.3 Å². The number of hydrogen-bond donors (Lipinski definition) is 0. The minimum Gasteiger partial charge on any atom is -0.309 e. The normalized spacial score (nSPS) is 11.8. The SMILES string of the molecule is CSc1nn2c(C)c(CCN(C)C)c(C)nc2c1S(=O)(=O)c1ccccc1.Cl. The fourth-order valence-corrected chi connectivity index (χ4v) is 5.52. The summed E-state index contributed by atoms with van der Waals surface area (Å²) in [6.45, 7) is 4.80. The molecule has 3 aromatic rings. The van der Waals surface area contributed by atoms with Crippen LogP contribution in [0.1, 0.15) is 17.0 Å². The zero-order valence-corrected chi connectivity index (χ0v) is 19.1. The number of hydrogen-bond acceptors (Lipinski definition) is 6. The van der Waals surface area contributed by atoms with Gasteiger partial charge in [0.1, 0.15) is 5.03 Å². The second kappa shape index (κ2) is 8.82. The highest BCUT2D eigenvalue weighted by Gasteiger charge is 2.29. The summed E-state index contributed by atoms with van der Waals surface area (Å²) in [5, 5.41) is 5.05. The summed E-state index contributed by atoms with van der Waals surface area (Å²) in [4.78, 5) is 7.22. The van der Waals surface area contributed by atoms with Crippen LogP contribution in [0.15, 0.2) is 45.1 Å². The van der Waals surface area contributed by atoms with Crippen LogP contribution in [0.25, 0.3) is 5.65 Å². The van der Waals surface area contributed by atoms with E-state index < -0.39 is 9.84 Å².